The molecule has 5 rings (SSSR count). The summed E-state index contributed by atoms with van der Waals surface area (Å²) in [6.07, 6.45) is 2.25. The fraction of sp³-hybridized carbons (Fsp3) is 0.261. The lowest BCUT2D eigenvalue weighted by Crippen LogP contribution is -2.31. The second-order valence-electron chi connectivity index (χ2n) is 7.89. The number of Topliss-reactive ketones (excluding diaryl/α,β-unsaturated/α-hetero) is 1. The van der Waals surface area contributed by atoms with Crippen LogP contribution in [-0.4, -0.2) is 34.6 Å². The summed E-state index contributed by atoms with van der Waals surface area (Å²) in [5.74, 6) is 1.46. The molecule has 30 heavy (non-hydrogen) atoms. The molecule has 0 bridgehead atoms. The Bertz CT molecular complexity index is 1150. The number of aromatic nitrogens is 3. The highest BCUT2D eigenvalue weighted by molar-refractivity contribution is 6.30. The molecule has 6 nitrogen and oxygen atoms in total. The Labute approximate surface area is 180 Å². The van der Waals surface area contributed by atoms with Crippen molar-refractivity contribution < 1.29 is 4.79 Å². The molecule has 0 unspecified atom stereocenters. The minimum absolute atomic E-state index is 0.168. The Hall–Kier alpha value is -3.12. The fourth-order valence-corrected chi connectivity index (χ4v) is 4.27. The second-order valence-corrected chi connectivity index (χ2v) is 8.33. The molecule has 1 aliphatic carbocycles. The van der Waals surface area contributed by atoms with Crippen molar-refractivity contribution in [1.82, 2.24) is 14.8 Å². The Morgan fingerprint density at radius 3 is 2.50 bits per heavy atom. The summed E-state index contributed by atoms with van der Waals surface area (Å²) in [6, 6.07) is 15.5. The first-order valence-corrected chi connectivity index (χ1v) is 10.4. The van der Waals surface area contributed by atoms with E-state index in [1.54, 1.807) is 0 Å². The number of nitrogens with zero attached hydrogens (tertiary/aromatic N) is 4. The number of carbonyl (C=O) groups excluding carboxylic acids is 1. The minimum atomic E-state index is -0.302. The van der Waals surface area contributed by atoms with Gasteiger partial charge in [-0.1, -0.05) is 23.7 Å². The van der Waals surface area contributed by atoms with E-state index in [1.165, 1.54) is 0 Å². The quantitative estimate of drug-likeness (QED) is 0.667. The molecule has 152 valence electrons. The van der Waals surface area contributed by atoms with Crippen LogP contribution in [0.5, 0.6) is 0 Å². The maximum Gasteiger partial charge on any atom is 0.226 e. The fourth-order valence-electron chi connectivity index (χ4n) is 4.14. The number of nitrogens with one attached hydrogen (secondary N) is 1. The lowest BCUT2D eigenvalue weighted by molar-refractivity contribution is -0.116. The van der Waals surface area contributed by atoms with E-state index in [1.807, 2.05) is 67.3 Å². The summed E-state index contributed by atoms with van der Waals surface area (Å²) < 4.78 is 1.83. The second kappa shape index (κ2) is 7.29. The van der Waals surface area contributed by atoms with Crippen LogP contribution in [-0.2, 0) is 4.79 Å². The van der Waals surface area contributed by atoms with Crippen LogP contribution in [0.4, 0.5) is 11.6 Å². The number of allylic oxidation sites excluding steroid dienone is 2. The normalized spacial score (nSPS) is 18.0. The van der Waals surface area contributed by atoms with Crippen LogP contribution in [0, 0.1) is 0 Å². The monoisotopic (exact) mass is 419 g/mol. The molecule has 1 aliphatic heterocycles. The highest BCUT2D eigenvalue weighted by Gasteiger charge is 2.36. The van der Waals surface area contributed by atoms with Gasteiger partial charge in [-0.05, 0) is 54.8 Å². The number of anilines is 2. The average molecular weight is 420 g/mol. The summed E-state index contributed by atoms with van der Waals surface area (Å²) in [5.41, 5.74) is 4.77. The van der Waals surface area contributed by atoms with Gasteiger partial charge in [0.1, 0.15) is 6.04 Å². The van der Waals surface area contributed by atoms with Crippen molar-refractivity contribution in [3.8, 4) is 11.4 Å². The standard InChI is InChI=1S/C23H22ClN5O/c1-28(2)17-12-8-15(9-13-17)22-26-23-25-18-4-3-5-19(30)20(18)21(29(23)27-22)14-6-10-16(24)11-7-14/h6-13,21H,3-5H2,1-2H3,(H,25,26,27)/t21-/m0/s1. The smallest absolute Gasteiger partial charge is 0.226 e. The molecule has 3 aromatic rings. The number of hydrogen-bond acceptors (Lipinski definition) is 5. The Kier molecular flexibility index (Phi) is 4.59. The average Bonchev–Trinajstić information content (AvgIpc) is 3.17. The van der Waals surface area contributed by atoms with Gasteiger partial charge in [-0.3, -0.25) is 4.79 Å². The number of ketones is 1. The van der Waals surface area contributed by atoms with Gasteiger partial charge >= 0.3 is 0 Å². The van der Waals surface area contributed by atoms with Crippen LogP contribution in [0.1, 0.15) is 30.9 Å². The zero-order valence-corrected chi connectivity index (χ0v) is 17.6. The first-order valence-electron chi connectivity index (χ1n) is 10.0. The number of halogens is 1. The van der Waals surface area contributed by atoms with Gasteiger partial charge in [0, 0.05) is 48.1 Å². The molecule has 0 saturated heterocycles. The predicted octanol–water partition coefficient (Wildman–Crippen LogP) is 4.69. The van der Waals surface area contributed by atoms with E-state index < -0.39 is 0 Å². The third-order valence-electron chi connectivity index (χ3n) is 5.70. The number of hydrogen-bond donors (Lipinski definition) is 1. The summed E-state index contributed by atoms with van der Waals surface area (Å²) in [4.78, 5) is 19.7. The van der Waals surface area contributed by atoms with Gasteiger partial charge in [0.25, 0.3) is 0 Å². The van der Waals surface area contributed by atoms with Crippen molar-refractivity contribution in [2.45, 2.75) is 25.3 Å². The molecule has 2 aliphatic rings. The molecule has 0 radical (unpaired) electrons. The van der Waals surface area contributed by atoms with Crippen molar-refractivity contribution >= 4 is 29.0 Å². The molecule has 2 aromatic carbocycles. The van der Waals surface area contributed by atoms with E-state index >= 15 is 0 Å². The molecule has 0 spiro atoms. The molecular formula is C23H22ClN5O. The van der Waals surface area contributed by atoms with E-state index in [4.69, 9.17) is 21.7 Å². The molecule has 2 heterocycles. The zero-order valence-electron chi connectivity index (χ0n) is 16.9. The van der Waals surface area contributed by atoms with E-state index in [0.717, 1.165) is 40.9 Å². The molecule has 1 N–H and O–H groups in total. The van der Waals surface area contributed by atoms with Crippen LogP contribution < -0.4 is 10.2 Å². The lowest BCUT2D eigenvalue weighted by atomic mass is 9.85. The number of carbonyl (C=O) groups is 1. The van der Waals surface area contributed by atoms with Crippen molar-refractivity contribution in [3.05, 3.63) is 70.4 Å². The molecule has 0 amide bonds. The van der Waals surface area contributed by atoms with Gasteiger partial charge < -0.3 is 10.2 Å². The van der Waals surface area contributed by atoms with Crippen LogP contribution >= 0.6 is 11.6 Å². The summed E-state index contributed by atoms with van der Waals surface area (Å²) in [6.45, 7) is 0. The Balaban J connectivity index is 1.61. The van der Waals surface area contributed by atoms with Crippen molar-refractivity contribution in [2.24, 2.45) is 0 Å². The van der Waals surface area contributed by atoms with Crippen LogP contribution in [0.25, 0.3) is 11.4 Å². The van der Waals surface area contributed by atoms with E-state index in [2.05, 4.69) is 10.2 Å². The van der Waals surface area contributed by atoms with Crippen molar-refractivity contribution in [3.63, 3.8) is 0 Å². The summed E-state index contributed by atoms with van der Waals surface area (Å²) in [7, 11) is 4.02. The van der Waals surface area contributed by atoms with Crippen molar-refractivity contribution in [2.75, 3.05) is 24.3 Å². The predicted molar refractivity (Wildman–Crippen MR) is 119 cm³/mol. The third-order valence-corrected chi connectivity index (χ3v) is 5.95. The van der Waals surface area contributed by atoms with Crippen LogP contribution in [0.15, 0.2) is 59.8 Å². The first kappa shape index (κ1) is 18.9. The number of benzene rings is 2. The van der Waals surface area contributed by atoms with Crippen LogP contribution in [0.3, 0.4) is 0 Å². The van der Waals surface area contributed by atoms with Gasteiger partial charge in [-0.2, -0.15) is 4.98 Å². The van der Waals surface area contributed by atoms with Gasteiger partial charge in [0.05, 0.1) is 0 Å². The minimum Gasteiger partial charge on any atom is -0.378 e. The molecule has 0 saturated carbocycles. The number of rotatable bonds is 3. The highest BCUT2D eigenvalue weighted by Crippen LogP contribution is 2.40. The summed E-state index contributed by atoms with van der Waals surface area (Å²) >= 11 is 6.11. The Morgan fingerprint density at radius 2 is 1.80 bits per heavy atom. The zero-order chi connectivity index (χ0) is 20.8. The third kappa shape index (κ3) is 3.17. The SMILES string of the molecule is CN(C)c1ccc(-c2nc3n(n2)[C@@H](c2ccc(Cl)cc2)C2=C(CCCC2=O)N3)cc1. The van der Waals surface area contributed by atoms with Crippen molar-refractivity contribution in [1.29, 1.82) is 0 Å². The van der Waals surface area contributed by atoms with Gasteiger partial charge in [-0.25, -0.2) is 4.68 Å². The van der Waals surface area contributed by atoms with E-state index in [0.29, 0.717) is 23.2 Å². The summed E-state index contributed by atoms with van der Waals surface area (Å²) in [5, 5.41) is 8.85. The molecule has 7 heteroatoms. The lowest BCUT2D eigenvalue weighted by Gasteiger charge is -2.32. The number of fused-ring (bicyclic) bond motifs is 1. The van der Waals surface area contributed by atoms with Crippen LogP contribution in [0.2, 0.25) is 5.02 Å². The maximum absolute atomic E-state index is 12.9. The largest absolute Gasteiger partial charge is 0.378 e. The van der Waals surface area contributed by atoms with Gasteiger partial charge in [0.2, 0.25) is 5.95 Å². The van der Waals surface area contributed by atoms with Gasteiger partial charge in [0.15, 0.2) is 11.6 Å². The first-order chi connectivity index (χ1) is 14.5. The molecule has 0 fully saturated rings. The molecule has 1 atom stereocenters. The van der Waals surface area contributed by atoms with E-state index in [9.17, 15) is 4.79 Å². The highest BCUT2D eigenvalue weighted by atomic mass is 35.5. The topological polar surface area (TPSA) is 63.1 Å². The Morgan fingerprint density at radius 1 is 1.07 bits per heavy atom. The van der Waals surface area contributed by atoms with Gasteiger partial charge in [-0.15, -0.1) is 5.10 Å². The molecular weight excluding hydrogens is 398 g/mol. The maximum atomic E-state index is 12.9. The molecule has 1 aromatic heterocycles. The van der Waals surface area contributed by atoms with E-state index in [-0.39, 0.29) is 11.8 Å².